The molecule has 0 aromatic heterocycles. The lowest BCUT2D eigenvalue weighted by molar-refractivity contribution is 0.468. The van der Waals surface area contributed by atoms with Gasteiger partial charge in [0.25, 0.3) is 0 Å². The van der Waals surface area contributed by atoms with Gasteiger partial charge in [0.05, 0.1) is 11.5 Å². The zero-order valence-electron chi connectivity index (χ0n) is 8.70. The number of rotatable bonds is 4. The van der Waals surface area contributed by atoms with E-state index in [1.165, 1.54) is 0 Å². The molecule has 1 fully saturated rings. The third kappa shape index (κ3) is 4.24. The molecule has 4 heteroatoms. The van der Waals surface area contributed by atoms with Gasteiger partial charge in [0.1, 0.15) is 9.84 Å². The van der Waals surface area contributed by atoms with E-state index in [9.17, 15) is 8.42 Å². The molecule has 0 aliphatic carbocycles. The monoisotopic (exact) mass is 217 g/mol. The summed E-state index contributed by atoms with van der Waals surface area (Å²) in [6.45, 7) is 2.96. The standard InChI is InChI=1S/C10H19NO2S/c1-2-3-4-7-11-10-5-8-14(12,13)9-6-10/h2-3,10-11H,4-9H2,1H3/b3-2+. The Hall–Kier alpha value is -0.350. The van der Waals surface area contributed by atoms with Crippen molar-refractivity contribution in [2.24, 2.45) is 0 Å². The van der Waals surface area contributed by atoms with Crippen molar-refractivity contribution in [2.75, 3.05) is 18.1 Å². The minimum absolute atomic E-state index is 0.355. The van der Waals surface area contributed by atoms with Crippen molar-refractivity contribution in [3.63, 3.8) is 0 Å². The number of hydrogen-bond acceptors (Lipinski definition) is 3. The first-order valence-corrected chi connectivity index (χ1v) is 7.01. The molecule has 0 radical (unpaired) electrons. The maximum Gasteiger partial charge on any atom is 0.150 e. The predicted molar refractivity (Wildman–Crippen MR) is 59.1 cm³/mol. The highest BCUT2D eigenvalue weighted by Crippen LogP contribution is 2.11. The number of allylic oxidation sites excluding steroid dienone is 1. The lowest BCUT2D eigenvalue weighted by Gasteiger charge is -2.22. The van der Waals surface area contributed by atoms with Gasteiger partial charge in [-0.25, -0.2) is 8.42 Å². The molecule has 1 aliphatic heterocycles. The molecule has 0 amide bonds. The van der Waals surface area contributed by atoms with Gasteiger partial charge >= 0.3 is 0 Å². The van der Waals surface area contributed by atoms with Crippen LogP contribution in [0.2, 0.25) is 0 Å². The Kier molecular flexibility index (Phi) is 4.62. The Morgan fingerprint density at radius 3 is 2.57 bits per heavy atom. The van der Waals surface area contributed by atoms with E-state index >= 15 is 0 Å². The van der Waals surface area contributed by atoms with E-state index in [1.807, 2.05) is 13.0 Å². The van der Waals surface area contributed by atoms with Crippen molar-refractivity contribution in [3.8, 4) is 0 Å². The van der Waals surface area contributed by atoms with Crippen molar-refractivity contribution in [1.82, 2.24) is 5.32 Å². The highest BCUT2D eigenvalue weighted by molar-refractivity contribution is 7.91. The van der Waals surface area contributed by atoms with Crippen molar-refractivity contribution >= 4 is 9.84 Å². The second-order valence-electron chi connectivity index (χ2n) is 3.74. The Morgan fingerprint density at radius 1 is 1.36 bits per heavy atom. The van der Waals surface area contributed by atoms with Crippen LogP contribution in [-0.2, 0) is 9.84 Å². The summed E-state index contributed by atoms with van der Waals surface area (Å²) < 4.78 is 22.3. The van der Waals surface area contributed by atoms with E-state index in [-0.39, 0.29) is 0 Å². The molecule has 14 heavy (non-hydrogen) atoms. The normalized spacial score (nSPS) is 22.9. The summed E-state index contributed by atoms with van der Waals surface area (Å²) in [5.74, 6) is 0.711. The fourth-order valence-electron chi connectivity index (χ4n) is 1.63. The first kappa shape index (κ1) is 11.7. The molecule has 0 unspecified atom stereocenters. The fraction of sp³-hybridized carbons (Fsp3) is 0.800. The lowest BCUT2D eigenvalue weighted by atomic mass is 10.1. The first-order valence-electron chi connectivity index (χ1n) is 5.19. The average molecular weight is 217 g/mol. The predicted octanol–water partition coefficient (Wildman–Crippen LogP) is 1.12. The molecular weight excluding hydrogens is 198 g/mol. The topological polar surface area (TPSA) is 46.2 Å². The number of sulfone groups is 1. The van der Waals surface area contributed by atoms with Crippen LogP contribution in [0.3, 0.4) is 0 Å². The maximum atomic E-state index is 11.1. The third-order valence-electron chi connectivity index (χ3n) is 2.53. The van der Waals surface area contributed by atoms with E-state index in [0.29, 0.717) is 17.5 Å². The minimum Gasteiger partial charge on any atom is -0.314 e. The van der Waals surface area contributed by atoms with Gasteiger partial charge in [0, 0.05) is 6.04 Å². The van der Waals surface area contributed by atoms with Gasteiger partial charge in [-0.2, -0.15) is 0 Å². The van der Waals surface area contributed by atoms with E-state index < -0.39 is 9.84 Å². The maximum absolute atomic E-state index is 11.1. The largest absolute Gasteiger partial charge is 0.314 e. The minimum atomic E-state index is -2.70. The van der Waals surface area contributed by atoms with Crippen LogP contribution in [0.4, 0.5) is 0 Å². The average Bonchev–Trinajstić information content (AvgIpc) is 2.15. The van der Waals surface area contributed by atoms with Crippen LogP contribution in [-0.4, -0.2) is 32.5 Å². The van der Waals surface area contributed by atoms with Crippen LogP contribution in [0.25, 0.3) is 0 Å². The summed E-state index contributed by atoms with van der Waals surface area (Å²) in [6.07, 6.45) is 6.73. The Balaban J connectivity index is 2.16. The molecule has 1 heterocycles. The van der Waals surface area contributed by atoms with Gasteiger partial charge in [-0.15, -0.1) is 0 Å². The van der Waals surface area contributed by atoms with Gasteiger partial charge in [0.2, 0.25) is 0 Å². The van der Waals surface area contributed by atoms with Crippen molar-refractivity contribution < 1.29 is 8.42 Å². The van der Waals surface area contributed by atoms with Crippen LogP contribution in [0.5, 0.6) is 0 Å². The van der Waals surface area contributed by atoms with Gasteiger partial charge in [-0.05, 0) is 32.7 Å². The van der Waals surface area contributed by atoms with E-state index in [4.69, 9.17) is 0 Å². The van der Waals surface area contributed by atoms with E-state index in [1.54, 1.807) is 0 Å². The summed E-state index contributed by atoms with van der Waals surface area (Å²) in [7, 11) is -2.70. The molecule has 1 saturated heterocycles. The smallest absolute Gasteiger partial charge is 0.150 e. The van der Waals surface area contributed by atoms with Crippen molar-refractivity contribution in [1.29, 1.82) is 0 Å². The molecule has 0 aromatic carbocycles. The Morgan fingerprint density at radius 2 is 2.00 bits per heavy atom. The molecule has 0 atom stereocenters. The highest BCUT2D eigenvalue weighted by atomic mass is 32.2. The Bertz CT molecular complexity index is 268. The van der Waals surface area contributed by atoms with Gasteiger partial charge in [-0.1, -0.05) is 12.2 Å². The second-order valence-corrected chi connectivity index (χ2v) is 6.04. The van der Waals surface area contributed by atoms with Crippen LogP contribution in [0.1, 0.15) is 26.2 Å². The van der Waals surface area contributed by atoms with Gasteiger partial charge < -0.3 is 5.32 Å². The quantitative estimate of drug-likeness (QED) is 0.567. The summed E-state index contributed by atoms with van der Waals surface area (Å²) in [4.78, 5) is 0. The van der Waals surface area contributed by atoms with Crippen LogP contribution in [0, 0.1) is 0 Å². The third-order valence-corrected chi connectivity index (χ3v) is 4.25. The molecule has 82 valence electrons. The van der Waals surface area contributed by atoms with E-state index in [2.05, 4.69) is 11.4 Å². The van der Waals surface area contributed by atoms with Crippen molar-refractivity contribution in [3.05, 3.63) is 12.2 Å². The van der Waals surface area contributed by atoms with Crippen molar-refractivity contribution in [2.45, 2.75) is 32.2 Å². The lowest BCUT2D eigenvalue weighted by Crippen LogP contribution is -2.37. The van der Waals surface area contributed by atoms with Crippen LogP contribution < -0.4 is 5.32 Å². The first-order chi connectivity index (χ1) is 6.64. The zero-order valence-corrected chi connectivity index (χ0v) is 9.52. The molecule has 0 aromatic rings. The van der Waals surface area contributed by atoms with Crippen LogP contribution >= 0.6 is 0 Å². The molecule has 1 rings (SSSR count). The van der Waals surface area contributed by atoms with Gasteiger partial charge in [-0.3, -0.25) is 0 Å². The SMILES string of the molecule is C/C=C/CCNC1CCS(=O)(=O)CC1. The number of nitrogens with one attached hydrogen (secondary N) is 1. The second kappa shape index (κ2) is 5.51. The summed E-state index contributed by atoms with van der Waals surface area (Å²) in [6, 6.07) is 0.406. The molecular formula is C10H19NO2S. The molecule has 3 nitrogen and oxygen atoms in total. The molecule has 0 saturated carbocycles. The molecule has 0 spiro atoms. The summed E-state index contributed by atoms with van der Waals surface area (Å²) in [5, 5.41) is 3.38. The highest BCUT2D eigenvalue weighted by Gasteiger charge is 2.22. The molecule has 1 aliphatic rings. The summed E-state index contributed by atoms with van der Waals surface area (Å²) in [5.41, 5.74) is 0. The fourth-order valence-corrected chi connectivity index (χ4v) is 3.12. The van der Waals surface area contributed by atoms with E-state index in [0.717, 1.165) is 25.8 Å². The van der Waals surface area contributed by atoms with Crippen LogP contribution in [0.15, 0.2) is 12.2 Å². The number of hydrogen-bond donors (Lipinski definition) is 1. The zero-order chi connectivity index (χ0) is 10.4. The summed E-state index contributed by atoms with van der Waals surface area (Å²) >= 11 is 0. The Labute approximate surface area is 86.5 Å². The molecule has 0 bridgehead atoms. The molecule has 1 N–H and O–H groups in total. The van der Waals surface area contributed by atoms with Gasteiger partial charge in [0.15, 0.2) is 0 Å².